The Balaban J connectivity index is 1.95. The van der Waals surface area contributed by atoms with Gasteiger partial charge in [-0.3, -0.25) is 14.4 Å². The summed E-state index contributed by atoms with van der Waals surface area (Å²) in [6, 6.07) is 9.06. The second-order valence-electron chi connectivity index (χ2n) is 4.67. The fourth-order valence-electron chi connectivity index (χ4n) is 2.16. The summed E-state index contributed by atoms with van der Waals surface area (Å²) in [4.78, 5) is 30.1. The average Bonchev–Trinajstić information content (AvgIpc) is 2.81. The van der Waals surface area contributed by atoms with Crippen LogP contribution in [0.15, 0.2) is 30.3 Å². The van der Waals surface area contributed by atoms with Gasteiger partial charge in [-0.15, -0.1) is 5.06 Å². The van der Waals surface area contributed by atoms with Crippen LogP contribution < -0.4 is 0 Å². The molecule has 0 spiro atoms. The van der Waals surface area contributed by atoms with E-state index in [-0.39, 0.29) is 37.8 Å². The zero-order valence-electron chi connectivity index (χ0n) is 11.3. The topological polar surface area (TPSA) is 46.6 Å². The van der Waals surface area contributed by atoms with Crippen LogP contribution in [-0.2, 0) is 11.4 Å². The summed E-state index contributed by atoms with van der Waals surface area (Å²) in [5, 5.41) is 0.203. The minimum Gasteiger partial charge on any atom is -0.266 e. The fraction of sp³-hybridized carbons (Fsp3) is 0.0667. The first kappa shape index (κ1) is 16.6. The van der Waals surface area contributed by atoms with Crippen molar-refractivity contribution < 1.29 is 14.4 Å². The van der Waals surface area contributed by atoms with Gasteiger partial charge in [0, 0.05) is 0 Å². The molecule has 1 aliphatic rings. The summed E-state index contributed by atoms with van der Waals surface area (Å²) in [5.41, 5.74) is 0.575. The van der Waals surface area contributed by atoms with Crippen LogP contribution in [0, 0.1) is 0 Å². The number of nitrogens with zero attached hydrogens (tertiary/aromatic N) is 1. The van der Waals surface area contributed by atoms with Gasteiger partial charge in [-0.25, -0.2) is 0 Å². The maximum Gasteiger partial charge on any atom is 0.287 e. The van der Waals surface area contributed by atoms with Gasteiger partial charge in [0.2, 0.25) is 0 Å². The highest BCUT2D eigenvalue weighted by Gasteiger charge is 2.42. The van der Waals surface area contributed by atoms with Crippen molar-refractivity contribution in [2.45, 2.75) is 6.61 Å². The molecule has 0 saturated heterocycles. The van der Waals surface area contributed by atoms with E-state index in [1.165, 1.54) is 0 Å². The number of rotatable bonds is 3. The van der Waals surface area contributed by atoms with Crippen LogP contribution in [0.5, 0.6) is 0 Å². The van der Waals surface area contributed by atoms with Gasteiger partial charge in [-0.05, 0) is 5.56 Å². The molecule has 0 bridgehead atoms. The van der Waals surface area contributed by atoms with E-state index in [1.807, 2.05) is 18.2 Å². The third-order valence-electron chi connectivity index (χ3n) is 3.27. The number of fused-ring (bicyclic) bond motifs is 1. The van der Waals surface area contributed by atoms with Gasteiger partial charge in [0.15, 0.2) is 0 Å². The Morgan fingerprint density at radius 3 is 1.74 bits per heavy atom. The number of benzene rings is 2. The molecule has 2 amide bonds. The Bertz CT molecular complexity index is 776. The van der Waals surface area contributed by atoms with Crippen molar-refractivity contribution >= 4 is 58.2 Å². The molecule has 2 aromatic carbocycles. The largest absolute Gasteiger partial charge is 0.287 e. The van der Waals surface area contributed by atoms with E-state index in [9.17, 15) is 9.59 Å². The van der Waals surface area contributed by atoms with Crippen molar-refractivity contribution in [2.75, 3.05) is 0 Å². The number of hydrogen-bond donors (Lipinski definition) is 0. The highest BCUT2D eigenvalue weighted by molar-refractivity contribution is 6.55. The minimum absolute atomic E-state index is 0.0308. The first-order valence-corrected chi connectivity index (χ1v) is 7.86. The predicted molar refractivity (Wildman–Crippen MR) is 88.2 cm³/mol. The van der Waals surface area contributed by atoms with Crippen molar-refractivity contribution in [2.24, 2.45) is 0 Å². The van der Waals surface area contributed by atoms with Crippen molar-refractivity contribution in [3.63, 3.8) is 0 Å². The molecular formula is C15H7Cl4NO3. The molecule has 2 aromatic rings. The molecule has 3 rings (SSSR count). The van der Waals surface area contributed by atoms with Crippen LogP contribution in [0.2, 0.25) is 20.1 Å². The molecule has 4 nitrogen and oxygen atoms in total. The number of hydrogen-bond acceptors (Lipinski definition) is 3. The van der Waals surface area contributed by atoms with Crippen molar-refractivity contribution in [1.82, 2.24) is 5.06 Å². The van der Waals surface area contributed by atoms with Crippen LogP contribution in [-0.4, -0.2) is 16.9 Å². The quantitative estimate of drug-likeness (QED) is 0.419. The van der Waals surface area contributed by atoms with Gasteiger partial charge in [-0.1, -0.05) is 76.7 Å². The van der Waals surface area contributed by atoms with Gasteiger partial charge >= 0.3 is 0 Å². The number of carbonyl (C=O) groups is 2. The second-order valence-corrected chi connectivity index (χ2v) is 6.18. The smallest absolute Gasteiger partial charge is 0.266 e. The third-order valence-corrected chi connectivity index (χ3v) is 5.07. The van der Waals surface area contributed by atoms with E-state index >= 15 is 0 Å². The van der Waals surface area contributed by atoms with E-state index in [1.54, 1.807) is 12.1 Å². The molecule has 23 heavy (non-hydrogen) atoms. The maximum absolute atomic E-state index is 12.4. The summed E-state index contributed by atoms with van der Waals surface area (Å²) in [6.45, 7) is 0.0308. The van der Waals surface area contributed by atoms with Crippen LogP contribution in [0.25, 0.3) is 0 Å². The predicted octanol–water partition coefficient (Wildman–Crippen LogP) is 5.03. The Hall–Kier alpha value is -1.30. The van der Waals surface area contributed by atoms with Crippen LogP contribution in [0.1, 0.15) is 26.3 Å². The molecule has 1 aliphatic heterocycles. The number of carbonyl (C=O) groups excluding carboxylic acids is 2. The van der Waals surface area contributed by atoms with Gasteiger partial charge in [-0.2, -0.15) is 0 Å². The summed E-state index contributed by atoms with van der Waals surface area (Å²) in [7, 11) is 0. The normalized spacial score (nSPS) is 13.7. The molecule has 0 atom stereocenters. The minimum atomic E-state index is -0.730. The summed E-state index contributed by atoms with van der Waals surface area (Å²) in [6.07, 6.45) is 0. The average molecular weight is 391 g/mol. The van der Waals surface area contributed by atoms with Gasteiger partial charge in [0.25, 0.3) is 11.8 Å². The van der Waals surface area contributed by atoms with E-state index in [0.717, 1.165) is 5.56 Å². The zero-order valence-corrected chi connectivity index (χ0v) is 14.3. The lowest BCUT2D eigenvalue weighted by molar-refractivity contribution is -0.101. The van der Waals surface area contributed by atoms with Crippen molar-refractivity contribution in [1.29, 1.82) is 0 Å². The monoisotopic (exact) mass is 389 g/mol. The van der Waals surface area contributed by atoms with E-state index in [0.29, 0.717) is 5.06 Å². The van der Waals surface area contributed by atoms with E-state index in [2.05, 4.69) is 0 Å². The summed E-state index contributed by atoms with van der Waals surface area (Å²) >= 11 is 23.9. The molecule has 8 heteroatoms. The Morgan fingerprint density at radius 1 is 0.783 bits per heavy atom. The molecular weight excluding hydrogens is 384 g/mol. The lowest BCUT2D eigenvalue weighted by Gasteiger charge is -2.13. The van der Waals surface area contributed by atoms with Crippen molar-refractivity contribution in [3.05, 3.63) is 67.1 Å². The number of halogens is 4. The highest BCUT2D eigenvalue weighted by Crippen LogP contribution is 2.44. The SMILES string of the molecule is O=C1c2c(Cl)c(Cl)c(Cl)c(Cl)c2C(=O)N1OCc1ccccc1. The van der Waals surface area contributed by atoms with E-state index < -0.39 is 11.8 Å². The van der Waals surface area contributed by atoms with Gasteiger partial charge in [0.05, 0.1) is 31.2 Å². The second kappa shape index (κ2) is 6.30. The molecule has 0 radical (unpaired) electrons. The standard InChI is InChI=1S/C15H7Cl4NO3/c16-10-8-9(11(17)13(19)12(10)18)15(22)20(14(8)21)23-6-7-4-2-1-3-5-7/h1-5H,6H2. The molecule has 0 unspecified atom stereocenters. The van der Waals surface area contributed by atoms with Crippen molar-refractivity contribution in [3.8, 4) is 0 Å². The highest BCUT2D eigenvalue weighted by atomic mass is 35.5. The fourth-order valence-corrected chi connectivity index (χ4v) is 3.17. The molecule has 0 fully saturated rings. The number of hydroxylamine groups is 2. The van der Waals surface area contributed by atoms with Crippen LogP contribution >= 0.6 is 46.4 Å². The first-order chi connectivity index (χ1) is 10.9. The lowest BCUT2D eigenvalue weighted by atomic mass is 10.1. The lowest BCUT2D eigenvalue weighted by Crippen LogP contribution is -2.29. The van der Waals surface area contributed by atoms with Gasteiger partial charge in [0.1, 0.15) is 6.61 Å². The third kappa shape index (κ3) is 2.71. The van der Waals surface area contributed by atoms with Crippen LogP contribution in [0.4, 0.5) is 0 Å². The van der Waals surface area contributed by atoms with E-state index in [4.69, 9.17) is 51.2 Å². The molecule has 1 heterocycles. The molecule has 0 saturated carbocycles. The zero-order chi connectivity index (χ0) is 16.7. The maximum atomic E-state index is 12.4. The summed E-state index contributed by atoms with van der Waals surface area (Å²) < 4.78 is 0. The van der Waals surface area contributed by atoms with Crippen LogP contribution in [0.3, 0.4) is 0 Å². The van der Waals surface area contributed by atoms with Gasteiger partial charge < -0.3 is 0 Å². The number of amides is 2. The Kier molecular flexibility index (Phi) is 4.54. The molecule has 0 N–H and O–H groups in total. The Morgan fingerprint density at radius 2 is 1.26 bits per heavy atom. The first-order valence-electron chi connectivity index (χ1n) is 6.35. The summed E-state index contributed by atoms with van der Waals surface area (Å²) in [5.74, 6) is -1.46. The molecule has 0 aliphatic carbocycles. The Labute approximate surface area is 151 Å². The number of imide groups is 1. The molecule has 118 valence electrons. The molecule has 0 aromatic heterocycles.